The summed E-state index contributed by atoms with van der Waals surface area (Å²) < 4.78 is 0. The molecule has 2 amide bonds. The number of carbonyl (C=O) groups is 1. The Morgan fingerprint density at radius 3 is 2.76 bits per heavy atom. The number of amides is 2. The van der Waals surface area contributed by atoms with Gasteiger partial charge in [0.1, 0.15) is 0 Å². The predicted octanol–water partition coefficient (Wildman–Crippen LogP) is 2.67. The molecule has 17 heavy (non-hydrogen) atoms. The summed E-state index contributed by atoms with van der Waals surface area (Å²) in [5, 5.41) is 5.36. The molecule has 1 heterocycles. The second-order valence-corrected chi connectivity index (χ2v) is 3.84. The number of aryl methyl sites for hydroxylation is 2. The average Bonchev–Trinajstić information content (AvgIpc) is 2.75. The number of urea groups is 1. The highest BCUT2D eigenvalue weighted by Crippen LogP contribution is 2.16. The summed E-state index contributed by atoms with van der Waals surface area (Å²) >= 11 is 0. The highest BCUT2D eigenvalue weighted by atomic mass is 16.2. The third-order valence-corrected chi connectivity index (χ3v) is 2.36. The van der Waals surface area contributed by atoms with Crippen LogP contribution >= 0.6 is 0 Å². The molecular weight excluding hydrogens is 216 g/mol. The molecule has 0 aliphatic heterocycles. The van der Waals surface area contributed by atoms with E-state index in [0.717, 1.165) is 11.3 Å². The van der Waals surface area contributed by atoms with Crippen molar-refractivity contribution in [3.8, 4) is 0 Å². The Hall–Kier alpha value is -2.30. The molecule has 5 heteroatoms. The third kappa shape index (κ3) is 2.84. The van der Waals surface area contributed by atoms with E-state index in [4.69, 9.17) is 0 Å². The van der Waals surface area contributed by atoms with Gasteiger partial charge in [-0.1, -0.05) is 17.7 Å². The molecule has 3 N–H and O–H groups in total. The van der Waals surface area contributed by atoms with Gasteiger partial charge in [-0.15, -0.1) is 0 Å². The number of hydrogen-bond acceptors (Lipinski definition) is 2. The van der Waals surface area contributed by atoms with Crippen LogP contribution in [0.15, 0.2) is 30.6 Å². The summed E-state index contributed by atoms with van der Waals surface area (Å²) in [7, 11) is 0. The predicted molar refractivity (Wildman–Crippen MR) is 67.1 cm³/mol. The van der Waals surface area contributed by atoms with Crippen molar-refractivity contribution in [1.82, 2.24) is 9.97 Å². The summed E-state index contributed by atoms with van der Waals surface area (Å²) in [6, 6.07) is 5.54. The molecule has 0 fully saturated rings. The SMILES string of the molecule is Cc1ccc(NC(=O)Nc2ncc[nH]2)c(C)c1. The van der Waals surface area contributed by atoms with Gasteiger partial charge in [-0.05, 0) is 25.5 Å². The van der Waals surface area contributed by atoms with Gasteiger partial charge in [0.2, 0.25) is 5.95 Å². The Kier molecular flexibility index (Phi) is 3.09. The first kappa shape index (κ1) is 11.2. The number of carbonyl (C=O) groups excluding carboxylic acids is 1. The number of hydrogen-bond donors (Lipinski definition) is 3. The fourth-order valence-electron chi connectivity index (χ4n) is 1.55. The van der Waals surface area contributed by atoms with E-state index in [9.17, 15) is 4.79 Å². The maximum atomic E-state index is 11.6. The van der Waals surface area contributed by atoms with Crippen LogP contribution in [-0.4, -0.2) is 16.0 Å². The van der Waals surface area contributed by atoms with Crippen molar-refractivity contribution >= 4 is 17.7 Å². The lowest BCUT2D eigenvalue weighted by molar-refractivity contribution is 0.262. The van der Waals surface area contributed by atoms with Crippen molar-refractivity contribution < 1.29 is 4.79 Å². The van der Waals surface area contributed by atoms with Crippen LogP contribution in [0.3, 0.4) is 0 Å². The maximum Gasteiger partial charge on any atom is 0.326 e. The fourth-order valence-corrected chi connectivity index (χ4v) is 1.55. The van der Waals surface area contributed by atoms with Gasteiger partial charge in [-0.25, -0.2) is 9.78 Å². The Morgan fingerprint density at radius 1 is 1.29 bits per heavy atom. The van der Waals surface area contributed by atoms with Crippen molar-refractivity contribution in [2.24, 2.45) is 0 Å². The molecule has 0 atom stereocenters. The van der Waals surface area contributed by atoms with Crippen LogP contribution in [0.25, 0.3) is 0 Å². The van der Waals surface area contributed by atoms with E-state index in [0.29, 0.717) is 5.95 Å². The van der Waals surface area contributed by atoms with Gasteiger partial charge in [0.05, 0.1) is 0 Å². The largest absolute Gasteiger partial charge is 0.331 e. The molecular formula is C12H14N4O. The summed E-state index contributed by atoms with van der Waals surface area (Å²) in [6.45, 7) is 3.97. The monoisotopic (exact) mass is 230 g/mol. The number of aromatic nitrogens is 2. The number of H-pyrrole nitrogens is 1. The molecule has 0 aliphatic rings. The summed E-state index contributed by atoms with van der Waals surface area (Å²) in [6.07, 6.45) is 3.22. The highest BCUT2D eigenvalue weighted by molar-refractivity contribution is 5.99. The van der Waals surface area contributed by atoms with E-state index in [-0.39, 0.29) is 6.03 Å². The molecule has 0 unspecified atom stereocenters. The third-order valence-electron chi connectivity index (χ3n) is 2.36. The molecule has 88 valence electrons. The second-order valence-electron chi connectivity index (χ2n) is 3.84. The number of aromatic amines is 1. The minimum Gasteiger partial charge on any atom is -0.331 e. The number of nitrogens with one attached hydrogen (secondary N) is 3. The first-order valence-corrected chi connectivity index (χ1v) is 5.30. The van der Waals surface area contributed by atoms with Crippen molar-refractivity contribution in [2.75, 3.05) is 10.6 Å². The van der Waals surface area contributed by atoms with Crippen LogP contribution in [0.5, 0.6) is 0 Å². The molecule has 1 aromatic carbocycles. The normalized spacial score (nSPS) is 10.0. The fraction of sp³-hybridized carbons (Fsp3) is 0.167. The van der Waals surface area contributed by atoms with Crippen LogP contribution in [-0.2, 0) is 0 Å². The van der Waals surface area contributed by atoms with Crippen LogP contribution < -0.4 is 10.6 Å². The summed E-state index contributed by atoms with van der Waals surface area (Å²) in [4.78, 5) is 18.3. The van der Waals surface area contributed by atoms with Crippen LogP contribution in [0.1, 0.15) is 11.1 Å². The van der Waals surface area contributed by atoms with Crippen molar-refractivity contribution in [3.63, 3.8) is 0 Å². The first-order chi connectivity index (χ1) is 8.15. The van der Waals surface area contributed by atoms with Crippen molar-refractivity contribution in [1.29, 1.82) is 0 Å². The number of rotatable bonds is 2. The van der Waals surface area contributed by atoms with E-state index in [1.54, 1.807) is 12.4 Å². The van der Waals surface area contributed by atoms with E-state index < -0.39 is 0 Å². The number of benzene rings is 1. The Balaban J connectivity index is 2.03. The maximum absolute atomic E-state index is 11.6. The van der Waals surface area contributed by atoms with Gasteiger partial charge in [0, 0.05) is 18.1 Å². The van der Waals surface area contributed by atoms with Gasteiger partial charge in [-0.3, -0.25) is 5.32 Å². The molecule has 0 radical (unpaired) electrons. The zero-order valence-corrected chi connectivity index (χ0v) is 9.74. The van der Waals surface area contributed by atoms with E-state index in [1.165, 1.54) is 5.56 Å². The molecule has 1 aromatic heterocycles. The zero-order valence-electron chi connectivity index (χ0n) is 9.74. The topological polar surface area (TPSA) is 69.8 Å². The number of anilines is 2. The minimum absolute atomic E-state index is 0.313. The molecule has 0 saturated carbocycles. The summed E-state index contributed by atoms with van der Waals surface area (Å²) in [5.74, 6) is 0.423. The van der Waals surface area contributed by atoms with Gasteiger partial charge >= 0.3 is 6.03 Å². The molecule has 0 saturated heterocycles. The Morgan fingerprint density at radius 2 is 2.12 bits per heavy atom. The molecule has 5 nitrogen and oxygen atoms in total. The Labute approximate surface area is 99.3 Å². The zero-order chi connectivity index (χ0) is 12.3. The molecule has 0 bridgehead atoms. The van der Waals surface area contributed by atoms with Crippen molar-refractivity contribution in [3.05, 3.63) is 41.7 Å². The summed E-state index contributed by atoms with van der Waals surface area (Å²) in [5.41, 5.74) is 2.98. The van der Waals surface area contributed by atoms with Gasteiger partial charge < -0.3 is 10.3 Å². The average molecular weight is 230 g/mol. The quantitative estimate of drug-likeness (QED) is 0.742. The smallest absolute Gasteiger partial charge is 0.326 e. The van der Waals surface area contributed by atoms with Crippen LogP contribution in [0, 0.1) is 13.8 Å². The second kappa shape index (κ2) is 4.69. The number of imidazole rings is 1. The van der Waals surface area contributed by atoms with Crippen molar-refractivity contribution in [2.45, 2.75) is 13.8 Å². The van der Waals surface area contributed by atoms with Gasteiger partial charge in [-0.2, -0.15) is 0 Å². The highest BCUT2D eigenvalue weighted by Gasteiger charge is 2.05. The number of nitrogens with zero attached hydrogens (tertiary/aromatic N) is 1. The van der Waals surface area contributed by atoms with E-state index >= 15 is 0 Å². The van der Waals surface area contributed by atoms with Crippen LogP contribution in [0.2, 0.25) is 0 Å². The van der Waals surface area contributed by atoms with Gasteiger partial charge in [0.15, 0.2) is 0 Å². The first-order valence-electron chi connectivity index (χ1n) is 5.30. The van der Waals surface area contributed by atoms with Gasteiger partial charge in [0.25, 0.3) is 0 Å². The molecule has 0 spiro atoms. The molecule has 0 aliphatic carbocycles. The van der Waals surface area contributed by atoms with E-state index in [1.807, 2.05) is 32.0 Å². The van der Waals surface area contributed by atoms with E-state index in [2.05, 4.69) is 20.6 Å². The lowest BCUT2D eigenvalue weighted by atomic mass is 10.1. The molecule has 2 rings (SSSR count). The Bertz CT molecular complexity index is 519. The standard InChI is InChI=1S/C12H14N4O/c1-8-3-4-10(9(2)7-8)15-12(17)16-11-13-5-6-14-11/h3-7H,1-2H3,(H3,13,14,15,16,17). The lowest BCUT2D eigenvalue weighted by Gasteiger charge is -2.09. The molecule has 2 aromatic rings. The van der Waals surface area contributed by atoms with Crippen LogP contribution in [0.4, 0.5) is 16.4 Å². The minimum atomic E-state index is -0.313. The lowest BCUT2D eigenvalue weighted by Crippen LogP contribution is -2.20.